The topological polar surface area (TPSA) is 40.1 Å². The molecular formula is C6H11O2-. The van der Waals surface area contributed by atoms with Crippen molar-refractivity contribution in [1.82, 2.24) is 0 Å². The van der Waals surface area contributed by atoms with Crippen LogP contribution in [0.15, 0.2) is 0 Å². The van der Waals surface area contributed by atoms with Gasteiger partial charge in [-0.15, -0.1) is 5.60 Å². The molecule has 0 amide bonds. The molecule has 0 bridgehead atoms. The van der Waals surface area contributed by atoms with E-state index in [2.05, 4.69) is 0 Å². The molecule has 0 unspecified atom stereocenters. The average Bonchev–Trinajstić information content (AvgIpc) is 1.21. The molecule has 2 heteroatoms. The second-order valence-corrected chi connectivity index (χ2v) is 2.64. The summed E-state index contributed by atoms with van der Waals surface area (Å²) in [6.07, 6.45) is 0.132. The zero-order chi connectivity index (χ0) is 6.78. The van der Waals surface area contributed by atoms with E-state index in [9.17, 15) is 9.90 Å². The van der Waals surface area contributed by atoms with E-state index in [1.807, 2.05) is 0 Å². The molecule has 0 aliphatic heterocycles. The molecule has 0 radical (unpaired) electrons. The summed E-state index contributed by atoms with van der Waals surface area (Å²) in [6.45, 7) is 4.45. The zero-order valence-corrected chi connectivity index (χ0v) is 5.52. The second kappa shape index (κ2) is 2.27. The van der Waals surface area contributed by atoms with Gasteiger partial charge in [-0.2, -0.15) is 0 Å². The van der Waals surface area contributed by atoms with Crippen LogP contribution in [0.1, 0.15) is 27.2 Å². The third kappa shape index (κ3) is 5.63. The van der Waals surface area contributed by atoms with Gasteiger partial charge in [0, 0.05) is 0 Å². The lowest BCUT2D eigenvalue weighted by Crippen LogP contribution is -2.38. The van der Waals surface area contributed by atoms with Crippen LogP contribution in [-0.2, 0) is 4.79 Å². The van der Waals surface area contributed by atoms with Crippen molar-refractivity contribution in [2.75, 3.05) is 0 Å². The molecule has 0 atom stereocenters. The third-order valence-corrected chi connectivity index (χ3v) is 0.675. The summed E-state index contributed by atoms with van der Waals surface area (Å²) < 4.78 is 0. The smallest absolute Gasteiger partial charge is 0.129 e. The minimum Gasteiger partial charge on any atom is -0.849 e. The molecule has 0 aliphatic rings. The molecule has 0 aromatic carbocycles. The van der Waals surface area contributed by atoms with Gasteiger partial charge in [0.05, 0.1) is 0 Å². The fourth-order valence-electron chi connectivity index (χ4n) is 0.600. The van der Waals surface area contributed by atoms with Crippen LogP contribution in [0.4, 0.5) is 0 Å². The molecule has 0 saturated carbocycles. The van der Waals surface area contributed by atoms with E-state index >= 15 is 0 Å². The maximum absolute atomic E-state index is 10.7. The molecule has 0 saturated heterocycles. The van der Waals surface area contributed by atoms with Crippen molar-refractivity contribution in [3.63, 3.8) is 0 Å². The van der Waals surface area contributed by atoms with Crippen LogP contribution < -0.4 is 5.11 Å². The fourth-order valence-corrected chi connectivity index (χ4v) is 0.600. The van der Waals surface area contributed by atoms with E-state index in [-0.39, 0.29) is 12.2 Å². The lowest BCUT2D eigenvalue weighted by atomic mass is 10.0. The van der Waals surface area contributed by atoms with Gasteiger partial charge in [-0.05, 0) is 13.3 Å². The van der Waals surface area contributed by atoms with Crippen molar-refractivity contribution in [1.29, 1.82) is 0 Å². The Balaban J connectivity index is 3.55. The van der Waals surface area contributed by atoms with Crippen molar-refractivity contribution >= 4 is 5.78 Å². The van der Waals surface area contributed by atoms with Crippen LogP contribution in [0.2, 0.25) is 0 Å². The Morgan fingerprint density at radius 2 is 2.00 bits per heavy atom. The van der Waals surface area contributed by atoms with Gasteiger partial charge >= 0.3 is 0 Å². The molecule has 0 heterocycles. The molecule has 2 nitrogen and oxygen atoms in total. The first-order valence-corrected chi connectivity index (χ1v) is 2.62. The van der Waals surface area contributed by atoms with Gasteiger partial charge in [0.15, 0.2) is 0 Å². The van der Waals surface area contributed by atoms with Crippen molar-refractivity contribution in [2.24, 2.45) is 0 Å². The predicted octanol–water partition coefficient (Wildman–Crippen LogP) is 0.104. The number of carbonyl (C=O) groups is 1. The molecule has 8 heavy (non-hydrogen) atoms. The highest BCUT2D eigenvalue weighted by Crippen LogP contribution is 2.01. The van der Waals surface area contributed by atoms with Gasteiger partial charge in [0.2, 0.25) is 0 Å². The number of hydrogen-bond donors (Lipinski definition) is 0. The van der Waals surface area contributed by atoms with Crippen molar-refractivity contribution < 1.29 is 9.90 Å². The Kier molecular flexibility index (Phi) is 2.16. The van der Waals surface area contributed by atoms with Crippen molar-refractivity contribution in [3.8, 4) is 0 Å². The zero-order valence-electron chi connectivity index (χ0n) is 5.52. The Hall–Kier alpha value is -0.370. The Morgan fingerprint density at radius 1 is 1.62 bits per heavy atom. The number of Topliss-reactive ketones (excluding diaryl/α,β-unsaturated/α-hetero) is 1. The maximum atomic E-state index is 10.7. The number of hydrogen-bond acceptors (Lipinski definition) is 2. The van der Waals surface area contributed by atoms with Gasteiger partial charge in [0.1, 0.15) is 5.78 Å². The van der Waals surface area contributed by atoms with Crippen LogP contribution in [0.25, 0.3) is 0 Å². The average molecular weight is 115 g/mol. The van der Waals surface area contributed by atoms with E-state index < -0.39 is 5.60 Å². The van der Waals surface area contributed by atoms with Gasteiger partial charge in [-0.1, -0.05) is 13.8 Å². The highest BCUT2D eigenvalue weighted by molar-refractivity contribution is 5.76. The fraction of sp³-hybridized carbons (Fsp3) is 0.833. The van der Waals surface area contributed by atoms with E-state index in [1.165, 1.54) is 20.8 Å². The van der Waals surface area contributed by atoms with E-state index in [4.69, 9.17) is 0 Å². The Bertz CT molecular complexity index is 89.2. The molecule has 0 rings (SSSR count). The Morgan fingerprint density at radius 3 is 2.00 bits per heavy atom. The number of ketones is 1. The summed E-state index contributed by atoms with van der Waals surface area (Å²) in [5.74, 6) is -0.0370. The summed E-state index contributed by atoms with van der Waals surface area (Å²) in [5.41, 5.74) is -1.08. The maximum Gasteiger partial charge on any atom is 0.129 e. The summed E-state index contributed by atoms with van der Waals surface area (Å²) in [7, 11) is 0. The van der Waals surface area contributed by atoms with Crippen molar-refractivity contribution in [2.45, 2.75) is 32.8 Å². The minimum atomic E-state index is -1.08. The second-order valence-electron chi connectivity index (χ2n) is 2.64. The predicted molar refractivity (Wildman–Crippen MR) is 29.4 cm³/mol. The van der Waals surface area contributed by atoms with Crippen molar-refractivity contribution in [3.05, 3.63) is 0 Å². The first-order chi connectivity index (χ1) is 3.42. The van der Waals surface area contributed by atoms with Gasteiger partial charge < -0.3 is 9.90 Å². The van der Waals surface area contributed by atoms with E-state index in [0.717, 1.165) is 0 Å². The minimum absolute atomic E-state index is 0.0370. The molecule has 0 aromatic heterocycles. The highest BCUT2D eigenvalue weighted by Gasteiger charge is 2.03. The van der Waals surface area contributed by atoms with Gasteiger partial charge in [-0.25, -0.2) is 0 Å². The van der Waals surface area contributed by atoms with Crippen LogP contribution in [0.5, 0.6) is 0 Å². The lowest BCUT2D eigenvalue weighted by Gasteiger charge is -2.29. The number of rotatable bonds is 2. The Labute approximate surface area is 49.5 Å². The number of carbonyl (C=O) groups excluding carboxylic acids is 1. The quantitative estimate of drug-likeness (QED) is 0.512. The first-order valence-electron chi connectivity index (χ1n) is 2.62. The SMILES string of the molecule is CC(=O)CC(C)(C)[O-]. The molecule has 48 valence electrons. The lowest BCUT2D eigenvalue weighted by molar-refractivity contribution is -0.463. The molecule has 0 aromatic rings. The molecule has 0 spiro atoms. The summed E-state index contributed by atoms with van der Waals surface area (Å²) in [5, 5.41) is 10.7. The van der Waals surface area contributed by atoms with Crippen LogP contribution in [0, 0.1) is 0 Å². The highest BCUT2D eigenvalue weighted by atomic mass is 16.3. The van der Waals surface area contributed by atoms with E-state index in [1.54, 1.807) is 0 Å². The van der Waals surface area contributed by atoms with Crippen LogP contribution in [0.3, 0.4) is 0 Å². The van der Waals surface area contributed by atoms with E-state index in [0.29, 0.717) is 0 Å². The standard InChI is InChI=1S/C6H11O2/c1-5(7)4-6(2,3)8/h4H2,1-3H3/q-1. The molecule has 0 N–H and O–H groups in total. The summed E-state index contributed by atoms with van der Waals surface area (Å²) in [4.78, 5) is 10.3. The van der Waals surface area contributed by atoms with Gasteiger partial charge in [0.25, 0.3) is 0 Å². The van der Waals surface area contributed by atoms with Crippen LogP contribution >= 0.6 is 0 Å². The largest absolute Gasteiger partial charge is 0.849 e. The third-order valence-electron chi connectivity index (χ3n) is 0.675. The normalized spacial score (nSPS) is 11.5. The molecular weight excluding hydrogens is 104 g/mol. The monoisotopic (exact) mass is 115 g/mol. The summed E-state index contributed by atoms with van der Waals surface area (Å²) in [6, 6.07) is 0. The molecule has 0 fully saturated rings. The first kappa shape index (κ1) is 7.63. The van der Waals surface area contributed by atoms with Gasteiger partial charge in [-0.3, -0.25) is 0 Å². The molecule has 0 aliphatic carbocycles. The summed E-state index contributed by atoms with van der Waals surface area (Å²) >= 11 is 0. The van der Waals surface area contributed by atoms with Crippen LogP contribution in [-0.4, -0.2) is 11.4 Å².